The summed E-state index contributed by atoms with van der Waals surface area (Å²) < 4.78 is 28.2. The quantitative estimate of drug-likeness (QED) is 0.668. The van der Waals surface area contributed by atoms with Gasteiger partial charge in [-0.15, -0.1) is 0 Å². The van der Waals surface area contributed by atoms with Crippen LogP contribution in [0.5, 0.6) is 5.75 Å². The highest BCUT2D eigenvalue weighted by Gasteiger charge is 2.23. The summed E-state index contributed by atoms with van der Waals surface area (Å²) in [4.78, 5) is 9.43. The smallest absolute Gasteiger partial charge is 0.289 e. The number of sulfonamides is 1. The maximum Gasteiger partial charge on any atom is 0.289 e. The molecule has 0 spiro atoms. The minimum absolute atomic E-state index is 0.188. The zero-order valence-electron chi connectivity index (χ0n) is 10.8. The number of rotatable bonds is 5. The number of benzene rings is 2. The summed E-state index contributed by atoms with van der Waals surface area (Å²) in [6.45, 7) is 0.211. The molecule has 0 aliphatic heterocycles. The average Bonchev–Trinajstić information content (AvgIpc) is 2.45. The van der Waals surface area contributed by atoms with Crippen molar-refractivity contribution < 1.29 is 18.1 Å². The molecule has 0 saturated carbocycles. The van der Waals surface area contributed by atoms with Crippen LogP contribution in [-0.2, 0) is 16.6 Å². The Morgan fingerprint density at radius 3 is 2.38 bits per heavy atom. The van der Waals surface area contributed by atoms with Crippen LogP contribution < -0.4 is 9.88 Å². The molecule has 0 aliphatic carbocycles. The van der Waals surface area contributed by atoms with E-state index < -0.39 is 25.5 Å². The minimum Gasteiger partial charge on any atom is -0.489 e. The largest absolute Gasteiger partial charge is 0.489 e. The number of hydrogen-bond donors (Lipinski definition) is 1. The number of nitro groups is 1. The molecule has 0 saturated heterocycles. The fraction of sp³-hybridized carbons (Fsp3) is 0.0769. The van der Waals surface area contributed by atoms with Crippen LogP contribution in [0.15, 0.2) is 53.4 Å². The Labute approximate surface area is 121 Å². The van der Waals surface area contributed by atoms with E-state index in [1.807, 2.05) is 30.3 Å². The van der Waals surface area contributed by atoms with E-state index in [1.165, 1.54) is 6.07 Å². The van der Waals surface area contributed by atoms with Crippen LogP contribution in [-0.4, -0.2) is 13.3 Å². The third-order valence-electron chi connectivity index (χ3n) is 2.68. The van der Waals surface area contributed by atoms with Gasteiger partial charge in [0.2, 0.25) is 10.0 Å². The van der Waals surface area contributed by atoms with Crippen LogP contribution in [0.25, 0.3) is 0 Å². The minimum atomic E-state index is -4.21. The van der Waals surface area contributed by atoms with Crippen LogP contribution in [0.1, 0.15) is 5.56 Å². The molecule has 0 radical (unpaired) electrons. The molecule has 2 aromatic rings. The summed E-state index contributed by atoms with van der Waals surface area (Å²) in [5.74, 6) is 0.188. The maximum atomic E-state index is 11.4. The lowest BCUT2D eigenvalue weighted by Gasteiger charge is -2.08. The highest BCUT2D eigenvalue weighted by atomic mass is 32.2. The summed E-state index contributed by atoms with van der Waals surface area (Å²) in [5.41, 5.74) is 0.303. The summed E-state index contributed by atoms with van der Waals surface area (Å²) in [5, 5.41) is 15.8. The molecule has 21 heavy (non-hydrogen) atoms. The van der Waals surface area contributed by atoms with E-state index in [4.69, 9.17) is 9.88 Å². The van der Waals surface area contributed by atoms with Crippen molar-refractivity contribution in [3.63, 3.8) is 0 Å². The molecule has 8 heteroatoms. The number of nitrogens with zero attached hydrogens (tertiary/aromatic N) is 1. The van der Waals surface area contributed by atoms with Crippen molar-refractivity contribution in [2.75, 3.05) is 0 Å². The maximum absolute atomic E-state index is 11.4. The van der Waals surface area contributed by atoms with Crippen molar-refractivity contribution >= 4 is 15.7 Å². The molecule has 0 bridgehead atoms. The number of hydrogen-bond acceptors (Lipinski definition) is 5. The van der Waals surface area contributed by atoms with Crippen LogP contribution in [0.2, 0.25) is 0 Å². The SMILES string of the molecule is NS(=O)(=O)c1cc(OCc2ccccc2)ccc1[N+](=O)[O-]. The Balaban J connectivity index is 2.28. The van der Waals surface area contributed by atoms with Gasteiger partial charge < -0.3 is 4.74 Å². The van der Waals surface area contributed by atoms with E-state index >= 15 is 0 Å². The van der Waals surface area contributed by atoms with Gasteiger partial charge in [0, 0.05) is 12.1 Å². The Hall–Kier alpha value is -2.45. The van der Waals surface area contributed by atoms with Gasteiger partial charge in [0.15, 0.2) is 4.90 Å². The second-order valence-electron chi connectivity index (χ2n) is 4.21. The van der Waals surface area contributed by atoms with Crippen LogP contribution >= 0.6 is 0 Å². The van der Waals surface area contributed by atoms with Crippen molar-refractivity contribution in [3.8, 4) is 5.75 Å². The van der Waals surface area contributed by atoms with Gasteiger partial charge in [-0.25, -0.2) is 13.6 Å². The Morgan fingerprint density at radius 2 is 1.81 bits per heavy atom. The second-order valence-corrected chi connectivity index (χ2v) is 5.74. The Morgan fingerprint density at radius 1 is 1.14 bits per heavy atom. The molecule has 0 atom stereocenters. The van der Waals surface area contributed by atoms with Gasteiger partial charge in [0.25, 0.3) is 5.69 Å². The van der Waals surface area contributed by atoms with Gasteiger partial charge >= 0.3 is 0 Å². The van der Waals surface area contributed by atoms with Crippen molar-refractivity contribution in [1.82, 2.24) is 0 Å². The van der Waals surface area contributed by atoms with Gasteiger partial charge in [0.1, 0.15) is 12.4 Å². The molecule has 0 amide bonds. The predicted octanol–water partition coefficient (Wildman–Crippen LogP) is 1.82. The molecular weight excluding hydrogens is 296 g/mol. The van der Waals surface area contributed by atoms with Crippen molar-refractivity contribution in [1.29, 1.82) is 0 Å². The average molecular weight is 308 g/mol. The topological polar surface area (TPSA) is 113 Å². The summed E-state index contributed by atoms with van der Waals surface area (Å²) in [7, 11) is -4.21. The molecule has 7 nitrogen and oxygen atoms in total. The zero-order chi connectivity index (χ0) is 15.5. The summed E-state index contributed by atoms with van der Waals surface area (Å²) in [6, 6.07) is 12.6. The highest BCUT2D eigenvalue weighted by Crippen LogP contribution is 2.27. The lowest BCUT2D eigenvalue weighted by atomic mass is 10.2. The summed E-state index contributed by atoms with van der Waals surface area (Å²) in [6.07, 6.45) is 0. The van der Waals surface area contributed by atoms with Crippen molar-refractivity contribution in [2.24, 2.45) is 5.14 Å². The van der Waals surface area contributed by atoms with Crippen LogP contribution in [0.3, 0.4) is 0 Å². The fourth-order valence-electron chi connectivity index (χ4n) is 1.70. The normalized spacial score (nSPS) is 11.1. The molecule has 0 heterocycles. The molecule has 0 aromatic heterocycles. The van der Waals surface area contributed by atoms with Gasteiger partial charge in [-0.3, -0.25) is 10.1 Å². The van der Waals surface area contributed by atoms with Gasteiger partial charge in [-0.1, -0.05) is 30.3 Å². The van der Waals surface area contributed by atoms with E-state index in [2.05, 4.69) is 0 Å². The standard InChI is InChI=1S/C13H12N2O5S/c14-21(18,19)13-8-11(6-7-12(13)15(16)17)20-9-10-4-2-1-3-5-10/h1-8H,9H2,(H2,14,18,19). The Bertz CT molecular complexity index is 759. The first kappa shape index (κ1) is 14.9. The molecule has 0 aliphatic rings. The van der Waals surface area contributed by atoms with Gasteiger partial charge in [-0.05, 0) is 11.6 Å². The van der Waals surface area contributed by atoms with Crippen LogP contribution in [0, 0.1) is 10.1 Å². The monoisotopic (exact) mass is 308 g/mol. The molecule has 2 aromatic carbocycles. The number of primary sulfonamides is 1. The molecule has 110 valence electrons. The molecule has 0 unspecified atom stereocenters. The second kappa shape index (κ2) is 5.90. The first-order chi connectivity index (χ1) is 9.88. The van der Waals surface area contributed by atoms with E-state index in [0.29, 0.717) is 0 Å². The molecule has 0 fully saturated rings. The third kappa shape index (κ3) is 3.77. The van der Waals surface area contributed by atoms with Gasteiger partial charge in [0.05, 0.1) is 4.92 Å². The van der Waals surface area contributed by atoms with Crippen molar-refractivity contribution in [2.45, 2.75) is 11.5 Å². The van der Waals surface area contributed by atoms with E-state index in [9.17, 15) is 18.5 Å². The lowest BCUT2D eigenvalue weighted by Crippen LogP contribution is -2.14. The molecular formula is C13H12N2O5S. The van der Waals surface area contributed by atoms with E-state index in [-0.39, 0.29) is 12.4 Å². The highest BCUT2D eigenvalue weighted by molar-refractivity contribution is 7.89. The number of nitrogens with two attached hydrogens (primary N) is 1. The zero-order valence-corrected chi connectivity index (χ0v) is 11.6. The number of ether oxygens (including phenoxy) is 1. The summed E-state index contributed by atoms with van der Waals surface area (Å²) >= 11 is 0. The Kier molecular flexibility index (Phi) is 4.20. The fourth-order valence-corrected chi connectivity index (χ4v) is 2.42. The lowest BCUT2D eigenvalue weighted by molar-refractivity contribution is -0.387. The first-order valence-corrected chi connectivity index (χ1v) is 7.40. The van der Waals surface area contributed by atoms with Crippen LogP contribution in [0.4, 0.5) is 5.69 Å². The predicted molar refractivity (Wildman–Crippen MR) is 75.2 cm³/mol. The number of nitro benzene ring substituents is 1. The van der Waals surface area contributed by atoms with E-state index in [1.54, 1.807) is 0 Å². The first-order valence-electron chi connectivity index (χ1n) is 5.86. The molecule has 2 N–H and O–H groups in total. The molecule has 2 rings (SSSR count). The van der Waals surface area contributed by atoms with Crippen molar-refractivity contribution in [3.05, 3.63) is 64.2 Å². The third-order valence-corrected chi connectivity index (χ3v) is 3.62. The van der Waals surface area contributed by atoms with E-state index in [0.717, 1.165) is 17.7 Å². The van der Waals surface area contributed by atoms with Gasteiger partial charge in [-0.2, -0.15) is 0 Å².